The monoisotopic (exact) mass is 789 g/mol. The Hall–Kier alpha value is -5.12. The number of pyridine rings is 1. The first-order valence-corrected chi connectivity index (χ1v) is 18.4. The number of carbonyl (C=O) groups excluding carboxylic acids is 2. The van der Waals surface area contributed by atoms with Crippen LogP contribution in [0.4, 0.5) is 26.3 Å². The maximum Gasteiger partial charge on any atom is 0.418 e. The average molecular weight is 790 g/mol. The molecule has 1 aliphatic carbocycles. The third-order valence-electron chi connectivity index (χ3n) is 10.7. The van der Waals surface area contributed by atoms with Crippen molar-refractivity contribution < 1.29 is 60.4 Å². The zero-order chi connectivity index (χ0) is 40.5. The third-order valence-corrected chi connectivity index (χ3v) is 10.7. The molecule has 2 fully saturated rings. The van der Waals surface area contributed by atoms with Crippen LogP contribution >= 0.6 is 0 Å². The molecule has 0 radical (unpaired) electrons. The predicted molar refractivity (Wildman–Crippen MR) is 188 cm³/mol. The number of aliphatic carboxylic acids is 1. The van der Waals surface area contributed by atoms with Crippen molar-refractivity contribution in [3.8, 4) is 11.5 Å². The Morgan fingerprint density at radius 2 is 1.66 bits per heavy atom. The largest absolute Gasteiger partial charge is 0.490 e. The zero-order valence-electron chi connectivity index (χ0n) is 30.4. The van der Waals surface area contributed by atoms with Gasteiger partial charge >= 0.3 is 18.3 Å². The number of rotatable bonds is 10. The van der Waals surface area contributed by atoms with E-state index >= 15 is 0 Å². The minimum absolute atomic E-state index is 0.0420. The zero-order valence-corrected chi connectivity index (χ0v) is 30.4. The number of nitrogens with zero attached hydrogens (tertiary/aromatic N) is 3. The molecular formula is C40H41F6N3O7. The van der Waals surface area contributed by atoms with Gasteiger partial charge in [0.15, 0.2) is 0 Å². The Balaban J connectivity index is 1.35. The van der Waals surface area contributed by atoms with Gasteiger partial charge in [0.1, 0.15) is 22.8 Å². The molecular weight excluding hydrogens is 748 g/mol. The lowest BCUT2D eigenvalue weighted by molar-refractivity contribution is -0.157. The molecule has 2 aliphatic heterocycles. The molecule has 1 unspecified atom stereocenters. The number of carboxylic acid groups (broad SMARTS) is 1. The Morgan fingerprint density at radius 1 is 0.929 bits per heavy atom. The third kappa shape index (κ3) is 8.20. The quantitative estimate of drug-likeness (QED) is 0.201. The minimum Gasteiger partial charge on any atom is -0.490 e. The number of piperidine rings is 1. The standard InChI is InChI=1S/C40H41F6N3O7/c1-2-7-32-38(56-27-15-12-26(13-16-27)39(41,42)43,17-6-21-49(32)34(50)33-30(40(44,45)46)9-5-20-47-33)36(53)48-22-18-37(54,19-23-48)29-8-3-4-10-31(29)55-28-14-11-25(24-28)35(51)52/h3-5,8-10,12-13,15-16,18,20,22,25,28,32,54H,2,6-7,11,14,17,19,21,23-24H2,1H3,(H,51,52)/t25-,28-,32-,37?,38+/m1/s1. The van der Waals surface area contributed by atoms with Crippen LogP contribution in [0.3, 0.4) is 0 Å². The van der Waals surface area contributed by atoms with Gasteiger partial charge < -0.3 is 29.5 Å². The molecule has 6 rings (SSSR count). The van der Waals surface area contributed by atoms with Crippen molar-refractivity contribution in [2.45, 2.75) is 94.0 Å². The molecule has 1 aromatic heterocycles. The van der Waals surface area contributed by atoms with Crippen LogP contribution in [-0.2, 0) is 27.5 Å². The summed E-state index contributed by atoms with van der Waals surface area (Å²) in [6, 6.07) is 11.0. The van der Waals surface area contributed by atoms with Crippen molar-refractivity contribution >= 4 is 17.8 Å². The number of para-hydroxylation sites is 1. The van der Waals surface area contributed by atoms with Crippen LogP contribution in [0.15, 0.2) is 79.1 Å². The van der Waals surface area contributed by atoms with Crippen LogP contribution in [0, 0.1) is 5.92 Å². The van der Waals surface area contributed by atoms with Crippen LogP contribution in [0.25, 0.3) is 0 Å². The summed E-state index contributed by atoms with van der Waals surface area (Å²) in [7, 11) is 0. The van der Waals surface area contributed by atoms with E-state index in [1.807, 2.05) is 0 Å². The first-order chi connectivity index (χ1) is 26.5. The molecule has 56 heavy (non-hydrogen) atoms. The number of aromatic nitrogens is 1. The number of aliphatic hydroxyl groups is 1. The second-order valence-corrected chi connectivity index (χ2v) is 14.4. The topological polar surface area (TPSA) is 130 Å². The summed E-state index contributed by atoms with van der Waals surface area (Å²) in [6.07, 6.45) is -4.51. The van der Waals surface area contributed by atoms with E-state index in [1.165, 1.54) is 17.2 Å². The van der Waals surface area contributed by atoms with Crippen LogP contribution < -0.4 is 9.47 Å². The van der Waals surface area contributed by atoms with Gasteiger partial charge in [0.25, 0.3) is 11.8 Å². The fourth-order valence-electron chi connectivity index (χ4n) is 7.94. The molecule has 10 nitrogen and oxygen atoms in total. The van der Waals surface area contributed by atoms with Gasteiger partial charge in [-0.25, -0.2) is 0 Å². The first-order valence-electron chi connectivity index (χ1n) is 18.4. The van der Waals surface area contributed by atoms with E-state index in [-0.39, 0.29) is 50.6 Å². The second-order valence-electron chi connectivity index (χ2n) is 14.4. The molecule has 1 saturated heterocycles. The van der Waals surface area contributed by atoms with Crippen molar-refractivity contribution in [2.75, 3.05) is 13.1 Å². The molecule has 2 amide bonds. The van der Waals surface area contributed by atoms with Gasteiger partial charge in [-0.15, -0.1) is 0 Å². The summed E-state index contributed by atoms with van der Waals surface area (Å²) in [6.45, 7) is 1.60. The average Bonchev–Trinajstić information content (AvgIpc) is 3.64. The maximum absolute atomic E-state index is 14.9. The van der Waals surface area contributed by atoms with E-state index in [9.17, 15) is 50.9 Å². The van der Waals surface area contributed by atoms with Gasteiger partial charge in [0.05, 0.1) is 29.2 Å². The molecule has 2 aromatic carbocycles. The highest BCUT2D eigenvalue weighted by Crippen LogP contribution is 2.43. The molecule has 3 heterocycles. The molecule has 2 N–H and O–H groups in total. The van der Waals surface area contributed by atoms with Crippen molar-refractivity contribution in [1.29, 1.82) is 0 Å². The summed E-state index contributed by atoms with van der Waals surface area (Å²) in [4.78, 5) is 46.7. The highest BCUT2D eigenvalue weighted by molar-refractivity contribution is 5.96. The highest BCUT2D eigenvalue weighted by Gasteiger charge is 2.56. The second kappa shape index (κ2) is 15.8. The van der Waals surface area contributed by atoms with Crippen molar-refractivity contribution in [1.82, 2.24) is 14.8 Å². The van der Waals surface area contributed by atoms with Gasteiger partial charge in [-0.05, 0) is 80.6 Å². The number of halogens is 6. The normalized spacial score (nSPS) is 25.5. The maximum atomic E-state index is 14.9. The summed E-state index contributed by atoms with van der Waals surface area (Å²) in [5.41, 5.74) is -6.35. The van der Waals surface area contributed by atoms with Gasteiger partial charge in [-0.2, -0.15) is 26.3 Å². The van der Waals surface area contributed by atoms with E-state index in [0.717, 1.165) is 47.5 Å². The Labute approximate surface area is 318 Å². The van der Waals surface area contributed by atoms with E-state index in [4.69, 9.17) is 9.47 Å². The molecule has 0 spiro atoms. The lowest BCUT2D eigenvalue weighted by Crippen LogP contribution is -2.68. The first kappa shape index (κ1) is 40.5. The number of benzene rings is 2. The van der Waals surface area contributed by atoms with E-state index in [1.54, 1.807) is 31.2 Å². The van der Waals surface area contributed by atoms with Crippen LogP contribution in [-0.4, -0.2) is 73.6 Å². The molecule has 3 aliphatic rings. The lowest BCUT2D eigenvalue weighted by atomic mass is 9.79. The number of amides is 2. The Bertz CT molecular complexity index is 1960. The number of ether oxygens (including phenoxy) is 2. The lowest BCUT2D eigenvalue weighted by Gasteiger charge is -2.50. The number of hydrogen-bond acceptors (Lipinski definition) is 7. The Kier molecular flexibility index (Phi) is 11.4. The van der Waals surface area contributed by atoms with Crippen LogP contribution in [0.1, 0.15) is 85.5 Å². The number of hydrogen-bond donors (Lipinski definition) is 2. The van der Waals surface area contributed by atoms with Gasteiger partial charge in [0, 0.05) is 43.9 Å². The van der Waals surface area contributed by atoms with E-state index in [2.05, 4.69) is 4.98 Å². The van der Waals surface area contributed by atoms with Gasteiger partial charge in [-0.3, -0.25) is 19.4 Å². The fourth-order valence-corrected chi connectivity index (χ4v) is 7.94. The molecule has 1 saturated carbocycles. The fraction of sp³-hybridized carbons (Fsp3) is 0.450. The number of likely N-dealkylation sites (tertiary alicyclic amines) is 1. The molecule has 16 heteroatoms. The summed E-state index contributed by atoms with van der Waals surface area (Å²) < 4.78 is 95.2. The number of carboxylic acids is 1. The van der Waals surface area contributed by atoms with E-state index in [0.29, 0.717) is 37.0 Å². The molecule has 0 bridgehead atoms. The highest BCUT2D eigenvalue weighted by atomic mass is 19.4. The van der Waals surface area contributed by atoms with Crippen LogP contribution in [0.2, 0.25) is 0 Å². The molecule has 3 aromatic rings. The van der Waals surface area contributed by atoms with Crippen molar-refractivity contribution in [3.63, 3.8) is 0 Å². The van der Waals surface area contributed by atoms with Gasteiger partial charge in [0.2, 0.25) is 5.60 Å². The van der Waals surface area contributed by atoms with Crippen LogP contribution in [0.5, 0.6) is 11.5 Å². The van der Waals surface area contributed by atoms with Gasteiger partial charge in [-0.1, -0.05) is 31.5 Å². The van der Waals surface area contributed by atoms with Crippen molar-refractivity contribution in [2.24, 2.45) is 5.92 Å². The molecule has 300 valence electrons. The molecule has 5 atom stereocenters. The summed E-state index contributed by atoms with van der Waals surface area (Å²) in [5, 5.41) is 21.4. The predicted octanol–water partition coefficient (Wildman–Crippen LogP) is 7.61. The summed E-state index contributed by atoms with van der Waals surface area (Å²) in [5.74, 6) is -3.02. The Morgan fingerprint density at radius 3 is 2.29 bits per heavy atom. The number of alkyl halides is 6. The summed E-state index contributed by atoms with van der Waals surface area (Å²) >= 11 is 0. The van der Waals surface area contributed by atoms with E-state index < -0.39 is 70.1 Å². The SMILES string of the molecule is CCC[C@H]1N(C(=O)c2ncccc2C(F)(F)F)CCC[C@@]1(Oc1ccc(C(F)(F)F)cc1)C(=O)N1C=CC(O)(c2ccccc2O[C@@H]2CC[C@@H](C(=O)O)C2)CC1. The smallest absolute Gasteiger partial charge is 0.418 e. The minimum atomic E-state index is -4.92. The van der Waals surface area contributed by atoms with Crippen molar-refractivity contribution in [3.05, 3.63) is 102 Å². The number of carbonyl (C=O) groups is 3.